The Morgan fingerprint density at radius 2 is 1.00 bits per heavy atom. The highest BCUT2D eigenvalue weighted by atomic mass is 28.3. The summed E-state index contributed by atoms with van der Waals surface area (Å²) in [6.07, 6.45) is -12.4. The Labute approximate surface area is 138 Å². The summed E-state index contributed by atoms with van der Waals surface area (Å²) in [6.45, 7) is 8.15. The number of hydrogen-bond acceptors (Lipinski definition) is 4. The molecule has 0 aliphatic carbocycles. The summed E-state index contributed by atoms with van der Waals surface area (Å²) in [7, 11) is -1.73. The van der Waals surface area contributed by atoms with E-state index in [4.69, 9.17) is 13.3 Å². The van der Waals surface area contributed by atoms with Crippen LogP contribution in [0.15, 0.2) is 0 Å². The van der Waals surface area contributed by atoms with Gasteiger partial charge in [0.2, 0.25) is 0 Å². The number of alkyl halides is 7. The zero-order chi connectivity index (χ0) is 19.4. The van der Waals surface area contributed by atoms with E-state index >= 15 is 0 Å². The summed E-state index contributed by atoms with van der Waals surface area (Å²) in [5, 5.41) is 0. The van der Waals surface area contributed by atoms with Crippen molar-refractivity contribution in [1.82, 2.24) is 0 Å². The Morgan fingerprint density at radius 1 is 0.667 bits per heavy atom. The van der Waals surface area contributed by atoms with Crippen molar-refractivity contribution in [2.45, 2.75) is 52.3 Å². The maximum atomic E-state index is 12.5. The Balaban J connectivity index is 0. The first-order valence-corrected chi connectivity index (χ1v) is 8.63. The van der Waals surface area contributed by atoms with E-state index < -0.39 is 34.3 Å². The number of rotatable bonds is 9. The number of ether oxygens (including phenoxy) is 1. The van der Waals surface area contributed by atoms with Gasteiger partial charge in [0.1, 0.15) is 0 Å². The molecule has 0 bridgehead atoms. The van der Waals surface area contributed by atoms with Crippen LogP contribution in [-0.2, 0) is 18.0 Å². The molecule has 0 unspecified atom stereocenters. The van der Waals surface area contributed by atoms with Crippen LogP contribution in [0.4, 0.5) is 30.7 Å². The van der Waals surface area contributed by atoms with Gasteiger partial charge in [-0.15, -0.1) is 0 Å². The van der Waals surface area contributed by atoms with E-state index in [-0.39, 0.29) is 6.42 Å². The molecule has 0 aliphatic rings. The molecule has 0 N–H and O–H groups in total. The van der Waals surface area contributed by atoms with Crippen molar-refractivity contribution >= 4 is 9.53 Å². The van der Waals surface area contributed by atoms with E-state index in [1.165, 1.54) is 6.92 Å². The van der Waals surface area contributed by atoms with Gasteiger partial charge in [0, 0.05) is 19.8 Å². The fourth-order valence-corrected chi connectivity index (χ4v) is 2.22. The summed E-state index contributed by atoms with van der Waals surface area (Å²) >= 11 is 0. The van der Waals surface area contributed by atoms with Crippen LogP contribution >= 0.6 is 0 Å². The van der Waals surface area contributed by atoms with E-state index in [0.717, 1.165) is 0 Å². The first-order valence-electron chi connectivity index (χ1n) is 7.22. The summed E-state index contributed by atoms with van der Waals surface area (Å²) in [5.74, 6) is -5.57. The molecule has 0 saturated heterocycles. The maximum Gasteiger partial charge on any atom is 0.484 e. The van der Waals surface area contributed by atoms with Crippen LogP contribution in [0, 0.1) is 0 Å². The summed E-state index contributed by atoms with van der Waals surface area (Å²) in [4.78, 5) is 0. The minimum atomic E-state index is -6.12. The standard InChI is InChI=1S/C6H7F7O.C6H16O3Si/c1-2-3-14-4(7,5(8,9)10)6(11,12)13;1-4-7-10(8-5-2)9-6-3/h2-3H2,1H3;10H,4-6H2,1-3H3. The highest BCUT2D eigenvalue weighted by Gasteiger charge is 2.74. The summed E-state index contributed by atoms with van der Waals surface area (Å²) in [5.41, 5.74) is 0. The third-order valence-electron chi connectivity index (χ3n) is 2.14. The molecule has 4 nitrogen and oxygen atoms in total. The Morgan fingerprint density at radius 3 is 1.21 bits per heavy atom. The molecular weight excluding hydrogens is 369 g/mol. The highest BCUT2D eigenvalue weighted by molar-refractivity contribution is 6.36. The zero-order valence-electron chi connectivity index (χ0n) is 13.9. The van der Waals surface area contributed by atoms with E-state index in [9.17, 15) is 30.7 Å². The average molecular weight is 392 g/mol. The van der Waals surface area contributed by atoms with Gasteiger partial charge in [-0.05, 0) is 27.2 Å². The van der Waals surface area contributed by atoms with Crippen LogP contribution in [0.2, 0.25) is 0 Å². The van der Waals surface area contributed by atoms with Crippen LogP contribution in [0.1, 0.15) is 34.1 Å². The molecule has 0 aromatic heterocycles. The molecule has 0 aliphatic heterocycles. The van der Waals surface area contributed by atoms with E-state index in [1.807, 2.05) is 20.8 Å². The molecular formula is C12H23F7O4Si. The predicted molar refractivity (Wildman–Crippen MR) is 74.2 cm³/mol. The molecule has 0 rings (SSSR count). The van der Waals surface area contributed by atoms with Gasteiger partial charge in [-0.3, -0.25) is 0 Å². The molecule has 0 aromatic rings. The molecule has 0 amide bonds. The van der Waals surface area contributed by atoms with Crippen LogP contribution < -0.4 is 0 Å². The first-order chi connectivity index (χ1) is 10.9. The van der Waals surface area contributed by atoms with Crippen molar-refractivity contribution in [2.24, 2.45) is 0 Å². The largest absolute Gasteiger partial charge is 0.484 e. The van der Waals surface area contributed by atoms with Crippen molar-refractivity contribution in [1.29, 1.82) is 0 Å². The van der Waals surface area contributed by atoms with Crippen molar-refractivity contribution < 1.29 is 48.7 Å². The van der Waals surface area contributed by atoms with Gasteiger partial charge in [0.25, 0.3) is 0 Å². The molecule has 0 heterocycles. The second kappa shape index (κ2) is 12.0. The Hall–Kier alpha value is -0.433. The smallest absolute Gasteiger partial charge is 0.376 e. The van der Waals surface area contributed by atoms with Crippen molar-refractivity contribution in [2.75, 3.05) is 26.4 Å². The first kappa shape index (κ1) is 25.8. The van der Waals surface area contributed by atoms with E-state index in [1.54, 1.807) is 0 Å². The monoisotopic (exact) mass is 392 g/mol. The second-order valence-corrected chi connectivity index (χ2v) is 5.67. The van der Waals surface area contributed by atoms with Crippen LogP contribution in [0.25, 0.3) is 0 Å². The minimum absolute atomic E-state index is 0.155. The van der Waals surface area contributed by atoms with E-state index in [2.05, 4.69) is 4.74 Å². The molecule has 0 atom stereocenters. The molecule has 0 radical (unpaired) electrons. The van der Waals surface area contributed by atoms with Crippen molar-refractivity contribution in [3.8, 4) is 0 Å². The lowest BCUT2D eigenvalue weighted by atomic mass is 10.3. The fourth-order valence-electron chi connectivity index (χ4n) is 1.12. The fraction of sp³-hybridized carbons (Fsp3) is 1.00. The predicted octanol–water partition coefficient (Wildman–Crippen LogP) is 4.02. The summed E-state index contributed by atoms with van der Waals surface area (Å²) in [6, 6.07) is 0. The quantitative estimate of drug-likeness (QED) is 0.439. The number of hydrogen-bond donors (Lipinski definition) is 0. The number of halogens is 7. The summed E-state index contributed by atoms with van der Waals surface area (Å²) < 4.78 is 102. The SMILES string of the molecule is CCCOC(F)(C(F)(F)F)C(F)(F)F.CCO[SiH](OCC)OCC. The third kappa shape index (κ3) is 9.16. The highest BCUT2D eigenvalue weighted by Crippen LogP contribution is 2.46. The van der Waals surface area contributed by atoms with Gasteiger partial charge in [-0.1, -0.05) is 6.92 Å². The average Bonchev–Trinajstić information content (AvgIpc) is 2.44. The van der Waals surface area contributed by atoms with Crippen molar-refractivity contribution in [3.05, 3.63) is 0 Å². The van der Waals surface area contributed by atoms with Crippen LogP contribution in [0.3, 0.4) is 0 Å². The lowest BCUT2D eigenvalue weighted by Gasteiger charge is -2.29. The van der Waals surface area contributed by atoms with Gasteiger partial charge in [0.15, 0.2) is 0 Å². The van der Waals surface area contributed by atoms with Gasteiger partial charge < -0.3 is 18.0 Å². The Bertz CT molecular complexity index is 284. The lowest BCUT2D eigenvalue weighted by molar-refractivity contribution is -0.429. The van der Waals surface area contributed by atoms with E-state index in [0.29, 0.717) is 19.8 Å². The third-order valence-corrected chi connectivity index (χ3v) is 3.96. The molecule has 0 saturated carbocycles. The minimum Gasteiger partial charge on any atom is -0.376 e. The molecule has 0 spiro atoms. The molecule has 24 heavy (non-hydrogen) atoms. The molecule has 12 heteroatoms. The Kier molecular flexibility index (Phi) is 12.9. The lowest BCUT2D eigenvalue weighted by Crippen LogP contribution is -2.55. The van der Waals surface area contributed by atoms with Gasteiger partial charge in [0.05, 0.1) is 6.61 Å². The zero-order valence-corrected chi connectivity index (χ0v) is 15.0. The molecule has 148 valence electrons. The molecule has 0 aromatic carbocycles. The normalized spacial score (nSPS) is 13.0. The van der Waals surface area contributed by atoms with Crippen LogP contribution in [0.5, 0.6) is 0 Å². The van der Waals surface area contributed by atoms with Gasteiger partial charge >= 0.3 is 27.7 Å². The topological polar surface area (TPSA) is 36.9 Å². The van der Waals surface area contributed by atoms with Gasteiger partial charge in [-0.2, -0.15) is 30.7 Å². The second-order valence-electron chi connectivity index (χ2n) is 4.09. The maximum absolute atomic E-state index is 12.5. The van der Waals surface area contributed by atoms with Crippen molar-refractivity contribution in [3.63, 3.8) is 0 Å². The van der Waals surface area contributed by atoms with Gasteiger partial charge in [-0.25, -0.2) is 0 Å². The molecule has 0 fully saturated rings. The van der Waals surface area contributed by atoms with Crippen LogP contribution in [-0.4, -0.2) is 54.2 Å².